The first-order valence-electron chi connectivity index (χ1n) is 4.50. The summed E-state index contributed by atoms with van der Waals surface area (Å²) in [7, 11) is 0. The van der Waals surface area contributed by atoms with Crippen molar-refractivity contribution in [1.29, 1.82) is 0 Å². The maximum absolute atomic E-state index is 12.9. The Labute approximate surface area is 76.9 Å². The molecule has 13 heavy (non-hydrogen) atoms. The summed E-state index contributed by atoms with van der Waals surface area (Å²) in [6, 6.07) is -0.526. The minimum Gasteiger partial charge on any atom is -0.330 e. The first-order valence-corrected chi connectivity index (χ1v) is 4.50. The molecule has 1 fully saturated rings. The van der Waals surface area contributed by atoms with Gasteiger partial charge in [-0.05, 0) is 6.92 Å². The van der Waals surface area contributed by atoms with Gasteiger partial charge in [-0.2, -0.15) is 0 Å². The lowest BCUT2D eigenvalue weighted by Gasteiger charge is -2.21. The lowest BCUT2D eigenvalue weighted by molar-refractivity contribution is -0.136. The smallest absolute Gasteiger partial charge is 0.223 e. The molecule has 0 aliphatic carbocycles. The van der Waals surface area contributed by atoms with Crippen LogP contribution in [0.1, 0.15) is 26.7 Å². The van der Waals surface area contributed by atoms with Gasteiger partial charge in [0.05, 0.1) is 12.6 Å². The molecule has 0 N–H and O–H groups in total. The van der Waals surface area contributed by atoms with Crippen molar-refractivity contribution in [3.05, 3.63) is 0 Å². The highest BCUT2D eigenvalue weighted by atomic mass is 19.1. The van der Waals surface area contributed by atoms with E-state index < -0.39 is 12.2 Å². The molecular weight excluding hydrogens is 173 g/mol. The molecule has 0 aromatic carbocycles. The van der Waals surface area contributed by atoms with Gasteiger partial charge in [0, 0.05) is 12.8 Å². The van der Waals surface area contributed by atoms with E-state index in [4.69, 9.17) is 0 Å². The second-order valence-corrected chi connectivity index (χ2v) is 3.36. The van der Waals surface area contributed by atoms with Gasteiger partial charge in [-0.25, -0.2) is 4.39 Å². The number of alkyl halides is 1. The summed E-state index contributed by atoms with van der Waals surface area (Å²) >= 11 is 0. The van der Waals surface area contributed by atoms with Gasteiger partial charge >= 0.3 is 0 Å². The van der Waals surface area contributed by atoms with E-state index in [1.54, 1.807) is 6.92 Å². The van der Waals surface area contributed by atoms with Crippen LogP contribution in [0.25, 0.3) is 0 Å². The molecule has 3 nitrogen and oxygen atoms in total. The van der Waals surface area contributed by atoms with Crippen LogP contribution in [-0.4, -0.2) is 35.3 Å². The van der Waals surface area contributed by atoms with Crippen LogP contribution in [0.2, 0.25) is 0 Å². The molecule has 1 aliphatic heterocycles. The lowest BCUT2D eigenvalue weighted by atomic mass is 10.1. The predicted octanol–water partition coefficient (Wildman–Crippen LogP) is 0.924. The number of carbonyl (C=O) groups excluding carboxylic acids is 2. The van der Waals surface area contributed by atoms with E-state index in [0.29, 0.717) is 6.42 Å². The van der Waals surface area contributed by atoms with E-state index in [2.05, 4.69) is 0 Å². The number of nitrogens with zero attached hydrogens (tertiary/aromatic N) is 1. The van der Waals surface area contributed by atoms with Gasteiger partial charge in [-0.3, -0.25) is 9.59 Å². The second-order valence-electron chi connectivity index (χ2n) is 3.36. The molecule has 0 bridgehead atoms. The summed E-state index contributed by atoms with van der Waals surface area (Å²) in [5.74, 6) is -0.262. The van der Waals surface area contributed by atoms with Crippen molar-refractivity contribution >= 4 is 11.7 Å². The number of halogens is 1. The number of Topliss-reactive ketones (excluding diaryl/α,β-unsaturated/α-hetero) is 1. The molecule has 0 aromatic rings. The fraction of sp³-hybridized carbons (Fsp3) is 0.778. The van der Waals surface area contributed by atoms with Gasteiger partial charge in [-0.15, -0.1) is 0 Å². The highest BCUT2D eigenvalue weighted by Crippen LogP contribution is 2.21. The molecule has 4 heteroatoms. The van der Waals surface area contributed by atoms with Gasteiger partial charge in [0.15, 0.2) is 5.78 Å². The minimum absolute atomic E-state index is 0.0803. The number of carbonyl (C=O) groups is 2. The van der Waals surface area contributed by atoms with Crippen molar-refractivity contribution in [3.63, 3.8) is 0 Å². The standard InChI is InChI=1S/C9H14FNO2/c1-3-9(13)11-5-7(10)4-8(11)6(2)12/h7-8H,3-5H2,1-2H3/t7-,8+/m1/s1. The van der Waals surface area contributed by atoms with Gasteiger partial charge in [0.25, 0.3) is 0 Å². The molecule has 1 saturated heterocycles. The maximum atomic E-state index is 12.9. The van der Waals surface area contributed by atoms with Crippen LogP contribution < -0.4 is 0 Å². The Kier molecular flexibility index (Phi) is 3.01. The van der Waals surface area contributed by atoms with Crippen molar-refractivity contribution in [2.45, 2.75) is 38.9 Å². The number of hydrogen-bond donors (Lipinski definition) is 0. The number of hydrogen-bond acceptors (Lipinski definition) is 2. The molecule has 0 unspecified atom stereocenters. The van der Waals surface area contributed by atoms with Crippen molar-refractivity contribution in [1.82, 2.24) is 4.90 Å². The molecular formula is C9H14FNO2. The third-order valence-corrected chi connectivity index (χ3v) is 2.34. The summed E-state index contributed by atoms with van der Waals surface area (Å²) in [6.07, 6.45) is -0.540. The Bertz CT molecular complexity index is 230. The van der Waals surface area contributed by atoms with Crippen LogP contribution in [0.3, 0.4) is 0 Å². The van der Waals surface area contributed by atoms with Crippen molar-refractivity contribution in [3.8, 4) is 0 Å². The Hall–Kier alpha value is -0.930. The highest BCUT2D eigenvalue weighted by molar-refractivity contribution is 5.88. The van der Waals surface area contributed by atoms with Gasteiger partial charge in [0.1, 0.15) is 6.17 Å². The highest BCUT2D eigenvalue weighted by Gasteiger charge is 2.36. The molecule has 0 radical (unpaired) electrons. The number of likely N-dealkylation sites (tertiary alicyclic amines) is 1. The molecule has 0 aromatic heterocycles. The van der Waals surface area contributed by atoms with Crippen LogP contribution in [0.5, 0.6) is 0 Å². The second kappa shape index (κ2) is 3.85. The van der Waals surface area contributed by atoms with Crippen molar-refractivity contribution < 1.29 is 14.0 Å². The topological polar surface area (TPSA) is 37.4 Å². The van der Waals surface area contributed by atoms with E-state index >= 15 is 0 Å². The summed E-state index contributed by atoms with van der Waals surface area (Å²) in [5, 5.41) is 0. The average molecular weight is 187 g/mol. The van der Waals surface area contributed by atoms with Crippen LogP contribution in [0.15, 0.2) is 0 Å². The zero-order valence-electron chi connectivity index (χ0n) is 7.92. The zero-order valence-corrected chi connectivity index (χ0v) is 7.92. The van der Waals surface area contributed by atoms with Gasteiger partial charge < -0.3 is 4.90 Å². The molecule has 74 valence electrons. The van der Waals surface area contributed by atoms with Gasteiger partial charge in [0.2, 0.25) is 5.91 Å². The fourth-order valence-corrected chi connectivity index (χ4v) is 1.65. The molecule has 1 heterocycles. The summed E-state index contributed by atoms with van der Waals surface area (Å²) < 4.78 is 12.9. The van der Waals surface area contributed by atoms with Crippen LogP contribution >= 0.6 is 0 Å². The largest absolute Gasteiger partial charge is 0.330 e. The fourth-order valence-electron chi connectivity index (χ4n) is 1.65. The quantitative estimate of drug-likeness (QED) is 0.644. The Morgan fingerprint density at radius 3 is 2.62 bits per heavy atom. The lowest BCUT2D eigenvalue weighted by Crippen LogP contribution is -2.39. The van der Waals surface area contributed by atoms with E-state index in [1.807, 2.05) is 0 Å². The summed E-state index contributed by atoms with van der Waals surface area (Å²) in [4.78, 5) is 23.7. The predicted molar refractivity (Wildman–Crippen MR) is 46.0 cm³/mol. The van der Waals surface area contributed by atoms with Gasteiger partial charge in [-0.1, -0.05) is 6.92 Å². The molecule has 0 spiro atoms. The third-order valence-electron chi connectivity index (χ3n) is 2.34. The first-order chi connectivity index (χ1) is 6.06. The Morgan fingerprint density at radius 1 is 1.54 bits per heavy atom. The summed E-state index contributed by atoms with van der Waals surface area (Å²) in [5.41, 5.74) is 0. The molecule has 2 atom stereocenters. The van der Waals surface area contributed by atoms with Crippen LogP contribution in [0.4, 0.5) is 4.39 Å². The van der Waals surface area contributed by atoms with E-state index in [9.17, 15) is 14.0 Å². The minimum atomic E-state index is -1.04. The SMILES string of the molecule is CCC(=O)N1C[C@H](F)C[C@H]1C(C)=O. The number of ketones is 1. The maximum Gasteiger partial charge on any atom is 0.223 e. The van der Waals surface area contributed by atoms with Crippen LogP contribution in [0, 0.1) is 0 Å². The first kappa shape index (κ1) is 10.2. The summed E-state index contributed by atoms with van der Waals surface area (Å²) in [6.45, 7) is 3.20. The van der Waals surface area contributed by atoms with Crippen molar-refractivity contribution in [2.75, 3.05) is 6.54 Å². The normalized spacial score (nSPS) is 27.8. The molecule has 1 amide bonds. The average Bonchev–Trinajstić information content (AvgIpc) is 2.46. The van der Waals surface area contributed by atoms with E-state index in [-0.39, 0.29) is 24.7 Å². The van der Waals surface area contributed by atoms with Crippen molar-refractivity contribution in [2.24, 2.45) is 0 Å². The molecule has 1 rings (SSSR count). The third kappa shape index (κ3) is 2.05. The molecule has 1 aliphatic rings. The zero-order chi connectivity index (χ0) is 10.0. The molecule has 0 saturated carbocycles. The van der Waals surface area contributed by atoms with Crippen LogP contribution in [-0.2, 0) is 9.59 Å². The van der Waals surface area contributed by atoms with E-state index in [0.717, 1.165) is 0 Å². The number of rotatable bonds is 2. The Balaban J connectivity index is 2.71. The number of amides is 1. The monoisotopic (exact) mass is 187 g/mol. The Morgan fingerprint density at radius 2 is 2.15 bits per heavy atom. The van der Waals surface area contributed by atoms with E-state index in [1.165, 1.54) is 11.8 Å².